The van der Waals surface area contributed by atoms with Crippen LogP contribution < -0.4 is 9.47 Å². The van der Waals surface area contributed by atoms with Gasteiger partial charge >= 0.3 is 5.97 Å². The number of hydrogen-bond donors (Lipinski definition) is 1. The number of ether oxygens (including phenoxy) is 3. The van der Waals surface area contributed by atoms with Crippen molar-refractivity contribution in [3.8, 4) is 23.4 Å². The van der Waals surface area contributed by atoms with E-state index in [4.69, 9.17) is 24.5 Å². The molecular weight excluding hydrogens is 585 g/mol. The average molecular weight is 614 g/mol. The average Bonchev–Trinajstić information content (AvgIpc) is 3.31. The first-order valence-corrected chi connectivity index (χ1v) is 13.6. The van der Waals surface area contributed by atoms with Crippen molar-refractivity contribution >= 4 is 30.5 Å². The second-order valence-corrected chi connectivity index (χ2v) is 10.2. The van der Waals surface area contributed by atoms with Gasteiger partial charge in [-0.25, -0.2) is 19.2 Å². The Bertz CT molecular complexity index is 1890. The van der Waals surface area contributed by atoms with Gasteiger partial charge in [-0.2, -0.15) is 23.7 Å². The zero-order valence-corrected chi connectivity index (χ0v) is 24.7. The van der Waals surface area contributed by atoms with Crippen LogP contribution in [-0.2, 0) is 24.3 Å². The van der Waals surface area contributed by atoms with Crippen LogP contribution in [0.3, 0.4) is 0 Å². The minimum Gasteiger partial charge on any atom is -0.483 e. The lowest BCUT2D eigenvalue weighted by Gasteiger charge is -2.27. The molecule has 3 aromatic carbocycles. The maximum absolute atomic E-state index is 14.1. The molecule has 0 saturated carbocycles. The van der Waals surface area contributed by atoms with Crippen LogP contribution in [0.15, 0.2) is 66.9 Å². The molecule has 2 aromatic heterocycles. The molecule has 12 heteroatoms. The first-order chi connectivity index (χ1) is 20.9. The highest BCUT2D eigenvalue weighted by atomic mass is 32.1. The number of fused-ring (bicyclic) bond motifs is 1. The Morgan fingerprint density at radius 2 is 2.00 bits per heavy atom. The number of nitrogens with zero attached hydrogens (tertiary/aromatic N) is 5. The van der Waals surface area contributed by atoms with Crippen molar-refractivity contribution in [3.05, 3.63) is 107 Å². The molecule has 1 aliphatic heterocycles. The van der Waals surface area contributed by atoms with Crippen LogP contribution in [0.2, 0.25) is 0 Å². The SMILES string of the molecule is Cc1cc(Oc2ccnc(COc3ccc(C#N)cc3F)n2)ccc1Cc1nc2ccc(C(=O)O)cc2n1C[C@@H]1CCO1.S. The smallest absolute Gasteiger partial charge is 0.335 e. The van der Waals surface area contributed by atoms with E-state index in [9.17, 15) is 14.3 Å². The van der Waals surface area contributed by atoms with Gasteiger partial charge in [0.1, 0.15) is 18.2 Å². The Hall–Kier alpha value is -4.99. The highest BCUT2D eigenvalue weighted by molar-refractivity contribution is 7.59. The number of hydrogen-bond acceptors (Lipinski definition) is 8. The number of aromatic carboxylic acids is 1. The maximum Gasteiger partial charge on any atom is 0.335 e. The summed E-state index contributed by atoms with van der Waals surface area (Å²) in [6.07, 6.45) is 3.10. The Balaban J connectivity index is 0.00000384. The molecule has 0 amide bonds. The van der Waals surface area contributed by atoms with Gasteiger partial charge < -0.3 is 23.9 Å². The van der Waals surface area contributed by atoms with Gasteiger partial charge in [0.25, 0.3) is 0 Å². The molecule has 44 heavy (non-hydrogen) atoms. The van der Waals surface area contributed by atoms with E-state index < -0.39 is 11.8 Å². The third kappa shape index (κ3) is 6.64. The summed E-state index contributed by atoms with van der Waals surface area (Å²) in [6.45, 7) is 3.23. The lowest BCUT2D eigenvalue weighted by Crippen LogP contribution is -2.31. The van der Waals surface area contributed by atoms with E-state index in [0.29, 0.717) is 30.4 Å². The van der Waals surface area contributed by atoms with E-state index in [1.165, 1.54) is 18.3 Å². The standard InChI is InChI=1S/C32H26FN5O5.H2S/c1-19-12-23(43-31-8-10-35-29(37-31)18-42-28-7-2-20(16-34)13-25(28)33)5-3-21(19)15-30-36-26-6-4-22(32(39)40)14-27(26)38(30)17-24-9-11-41-24;/h2-8,10,12-14,24H,9,11,15,17-18H2,1H3,(H,39,40);1H2/t24-;/m0./s1. The predicted molar refractivity (Wildman–Crippen MR) is 163 cm³/mol. The first-order valence-electron chi connectivity index (χ1n) is 13.6. The van der Waals surface area contributed by atoms with Crippen molar-refractivity contribution in [1.82, 2.24) is 19.5 Å². The van der Waals surface area contributed by atoms with E-state index in [1.54, 1.807) is 24.3 Å². The van der Waals surface area contributed by atoms with Crippen LogP contribution in [0.25, 0.3) is 11.0 Å². The molecule has 1 fully saturated rings. The lowest BCUT2D eigenvalue weighted by atomic mass is 10.0. The third-order valence-corrected chi connectivity index (χ3v) is 7.24. The van der Waals surface area contributed by atoms with Crippen LogP contribution in [-0.4, -0.2) is 43.3 Å². The van der Waals surface area contributed by atoms with Crippen molar-refractivity contribution in [1.29, 1.82) is 5.26 Å². The number of carbonyl (C=O) groups is 1. The monoisotopic (exact) mass is 613 g/mol. The van der Waals surface area contributed by atoms with Gasteiger partial charge in [-0.15, -0.1) is 0 Å². The Morgan fingerprint density at radius 3 is 2.70 bits per heavy atom. The third-order valence-electron chi connectivity index (χ3n) is 7.24. The van der Waals surface area contributed by atoms with Gasteiger partial charge in [0.2, 0.25) is 5.88 Å². The van der Waals surface area contributed by atoms with Crippen LogP contribution >= 0.6 is 13.5 Å². The van der Waals surface area contributed by atoms with E-state index in [-0.39, 0.29) is 43.1 Å². The van der Waals surface area contributed by atoms with E-state index in [1.807, 2.05) is 31.2 Å². The number of benzene rings is 3. The largest absolute Gasteiger partial charge is 0.483 e. The number of nitriles is 1. The number of rotatable bonds is 10. The minimum absolute atomic E-state index is 0. The van der Waals surface area contributed by atoms with Crippen molar-refractivity contribution < 1.29 is 28.5 Å². The number of aryl methyl sites for hydroxylation is 1. The molecule has 0 radical (unpaired) electrons. The normalized spacial score (nSPS) is 13.9. The van der Waals surface area contributed by atoms with Gasteiger partial charge in [-0.05, 0) is 73.0 Å². The lowest BCUT2D eigenvalue weighted by molar-refractivity contribution is -0.0589. The highest BCUT2D eigenvalue weighted by Crippen LogP contribution is 2.27. The summed E-state index contributed by atoms with van der Waals surface area (Å²) in [5.41, 5.74) is 3.95. The second kappa shape index (κ2) is 13.1. The molecule has 1 aliphatic rings. The summed E-state index contributed by atoms with van der Waals surface area (Å²) in [6, 6.07) is 18.2. The maximum atomic E-state index is 14.1. The fraction of sp³-hybridized carbons (Fsp3) is 0.219. The van der Waals surface area contributed by atoms with Crippen LogP contribution in [0, 0.1) is 24.1 Å². The molecule has 0 aliphatic carbocycles. The number of carboxylic acid groups (broad SMARTS) is 1. The van der Waals surface area contributed by atoms with Gasteiger partial charge in [0.15, 0.2) is 17.4 Å². The van der Waals surface area contributed by atoms with Crippen molar-refractivity contribution in [2.75, 3.05) is 6.61 Å². The van der Waals surface area contributed by atoms with Crippen molar-refractivity contribution in [2.24, 2.45) is 0 Å². The Kier molecular flexibility index (Phi) is 9.08. The molecule has 3 heterocycles. The minimum atomic E-state index is -0.980. The van der Waals surface area contributed by atoms with Gasteiger partial charge in [0.05, 0.1) is 40.9 Å². The highest BCUT2D eigenvalue weighted by Gasteiger charge is 2.23. The van der Waals surface area contributed by atoms with E-state index in [2.05, 4.69) is 14.5 Å². The molecule has 1 saturated heterocycles. The fourth-order valence-electron chi connectivity index (χ4n) is 4.83. The molecule has 1 atom stereocenters. The zero-order chi connectivity index (χ0) is 29.9. The zero-order valence-electron chi connectivity index (χ0n) is 23.7. The number of aromatic nitrogens is 4. The molecule has 6 rings (SSSR count). The summed E-state index contributed by atoms with van der Waals surface area (Å²) < 4.78 is 33.3. The molecule has 5 aromatic rings. The quantitative estimate of drug-likeness (QED) is 0.210. The molecular formula is C32H28FN5O5S. The summed E-state index contributed by atoms with van der Waals surface area (Å²) in [5.74, 6) is 0.380. The summed E-state index contributed by atoms with van der Waals surface area (Å²) in [4.78, 5) is 25.0. The number of imidazole rings is 1. The molecule has 0 unspecified atom stereocenters. The van der Waals surface area contributed by atoms with Crippen LogP contribution in [0.1, 0.15) is 45.1 Å². The number of carboxylic acids is 1. The van der Waals surface area contributed by atoms with Crippen LogP contribution in [0.5, 0.6) is 17.4 Å². The fourth-order valence-corrected chi connectivity index (χ4v) is 4.83. The molecule has 0 spiro atoms. The predicted octanol–water partition coefficient (Wildman–Crippen LogP) is 5.71. The Morgan fingerprint density at radius 1 is 1.16 bits per heavy atom. The molecule has 1 N–H and O–H groups in total. The topological polar surface area (TPSA) is 132 Å². The summed E-state index contributed by atoms with van der Waals surface area (Å²) in [7, 11) is 0. The molecule has 10 nitrogen and oxygen atoms in total. The van der Waals surface area contributed by atoms with E-state index in [0.717, 1.165) is 47.1 Å². The molecule has 0 bridgehead atoms. The van der Waals surface area contributed by atoms with E-state index >= 15 is 0 Å². The number of halogens is 1. The second-order valence-electron chi connectivity index (χ2n) is 10.2. The Labute approximate surface area is 259 Å². The van der Waals surface area contributed by atoms with Gasteiger partial charge in [-0.3, -0.25) is 0 Å². The van der Waals surface area contributed by atoms with Crippen molar-refractivity contribution in [3.63, 3.8) is 0 Å². The van der Waals surface area contributed by atoms with Gasteiger partial charge in [0, 0.05) is 25.3 Å². The van der Waals surface area contributed by atoms with Crippen molar-refractivity contribution in [2.45, 2.75) is 39.0 Å². The molecule has 224 valence electrons. The summed E-state index contributed by atoms with van der Waals surface area (Å²) >= 11 is 0. The van der Waals surface area contributed by atoms with Gasteiger partial charge in [-0.1, -0.05) is 6.07 Å². The summed E-state index contributed by atoms with van der Waals surface area (Å²) in [5, 5.41) is 18.4. The van der Waals surface area contributed by atoms with Crippen LogP contribution in [0.4, 0.5) is 4.39 Å². The first kappa shape index (κ1) is 30.5.